The Morgan fingerprint density at radius 1 is 1.15 bits per heavy atom. The number of ketones is 1. The van der Waals surface area contributed by atoms with Crippen molar-refractivity contribution >= 4 is 38.7 Å². The van der Waals surface area contributed by atoms with Gasteiger partial charge in [-0.2, -0.15) is 17.5 Å². The maximum atomic E-state index is 13.0. The van der Waals surface area contributed by atoms with E-state index in [1.165, 1.54) is 34.9 Å². The molecule has 1 fully saturated rings. The number of aryl methyl sites for hydroxylation is 1. The van der Waals surface area contributed by atoms with Gasteiger partial charge < -0.3 is 0 Å². The lowest BCUT2D eigenvalue weighted by Crippen LogP contribution is -2.40. The lowest BCUT2D eigenvalue weighted by molar-refractivity contribution is -0.137. The van der Waals surface area contributed by atoms with Crippen LogP contribution in [0.25, 0.3) is 11.3 Å². The van der Waals surface area contributed by atoms with Gasteiger partial charge in [0.25, 0.3) is 10.0 Å². The van der Waals surface area contributed by atoms with E-state index in [0.717, 1.165) is 23.5 Å². The quantitative estimate of drug-likeness (QED) is 0.418. The molecular formula is C22H19ClF3N3O3S2. The summed E-state index contributed by atoms with van der Waals surface area (Å²) in [6.45, 7) is 0.264. The Morgan fingerprint density at radius 3 is 2.53 bits per heavy atom. The lowest BCUT2D eigenvalue weighted by atomic mass is 10.0. The summed E-state index contributed by atoms with van der Waals surface area (Å²) < 4.78 is 66.0. The minimum absolute atomic E-state index is 0.0748. The zero-order valence-corrected chi connectivity index (χ0v) is 20.0. The van der Waals surface area contributed by atoms with E-state index in [0.29, 0.717) is 34.1 Å². The van der Waals surface area contributed by atoms with E-state index < -0.39 is 27.8 Å². The highest BCUT2D eigenvalue weighted by molar-refractivity contribution is 7.91. The van der Waals surface area contributed by atoms with Crippen LogP contribution in [0.1, 0.15) is 30.5 Å². The summed E-state index contributed by atoms with van der Waals surface area (Å²) in [5, 5.41) is 0. The maximum Gasteiger partial charge on any atom is 0.416 e. The van der Waals surface area contributed by atoms with Gasteiger partial charge in [-0.25, -0.2) is 18.4 Å². The molecule has 12 heteroatoms. The summed E-state index contributed by atoms with van der Waals surface area (Å²) in [5.74, 6) is -0.210. The molecule has 1 aliphatic heterocycles. The van der Waals surface area contributed by atoms with Gasteiger partial charge >= 0.3 is 6.18 Å². The van der Waals surface area contributed by atoms with Crippen LogP contribution in [0.15, 0.2) is 53.0 Å². The molecule has 0 amide bonds. The first-order valence-electron chi connectivity index (χ1n) is 10.3. The van der Waals surface area contributed by atoms with Crippen LogP contribution in [0, 0.1) is 0 Å². The van der Waals surface area contributed by atoms with Crippen LogP contribution in [0.4, 0.5) is 13.2 Å². The second-order valence-corrected chi connectivity index (χ2v) is 11.6. The van der Waals surface area contributed by atoms with Crippen LogP contribution in [-0.4, -0.2) is 41.1 Å². The molecule has 0 bridgehead atoms. The van der Waals surface area contributed by atoms with Crippen molar-refractivity contribution in [1.82, 2.24) is 14.3 Å². The van der Waals surface area contributed by atoms with Crippen molar-refractivity contribution in [2.75, 3.05) is 6.54 Å². The molecule has 0 spiro atoms. The van der Waals surface area contributed by atoms with Gasteiger partial charge in [0, 0.05) is 24.2 Å². The summed E-state index contributed by atoms with van der Waals surface area (Å²) in [6, 6.07) is 8.44. The molecule has 0 aliphatic carbocycles. The Morgan fingerprint density at radius 2 is 1.88 bits per heavy atom. The summed E-state index contributed by atoms with van der Waals surface area (Å²) in [5.41, 5.74) is 0.712. The third-order valence-electron chi connectivity index (χ3n) is 5.55. The summed E-state index contributed by atoms with van der Waals surface area (Å²) in [4.78, 5) is 21.2. The zero-order valence-electron chi connectivity index (χ0n) is 17.6. The molecule has 34 heavy (non-hydrogen) atoms. The first kappa shape index (κ1) is 24.8. The van der Waals surface area contributed by atoms with Gasteiger partial charge in [-0.15, -0.1) is 11.3 Å². The van der Waals surface area contributed by atoms with Gasteiger partial charge in [0.05, 0.1) is 21.6 Å². The van der Waals surface area contributed by atoms with Gasteiger partial charge in [-0.1, -0.05) is 23.7 Å². The predicted octanol–water partition coefficient (Wildman–Crippen LogP) is 5.23. The highest BCUT2D eigenvalue weighted by Crippen LogP contribution is 2.33. The van der Waals surface area contributed by atoms with Gasteiger partial charge in [0.1, 0.15) is 10.5 Å². The van der Waals surface area contributed by atoms with E-state index in [1.807, 2.05) is 0 Å². The first-order chi connectivity index (χ1) is 16.1. The van der Waals surface area contributed by atoms with Crippen LogP contribution >= 0.6 is 22.9 Å². The first-order valence-corrected chi connectivity index (χ1v) is 13.0. The lowest BCUT2D eigenvalue weighted by Gasteiger charge is -2.22. The molecule has 0 N–H and O–H groups in total. The SMILES string of the molecule is O=C(CCc1cc(-c2ccc(C(F)(F)F)cc2)ncn1)[C@@H]1CCCN1S(=O)(=O)c1ccc(Cl)s1. The van der Waals surface area contributed by atoms with Crippen LogP contribution < -0.4 is 0 Å². The number of rotatable bonds is 7. The number of carbonyl (C=O) groups is 1. The van der Waals surface area contributed by atoms with Crippen molar-refractivity contribution in [1.29, 1.82) is 0 Å². The number of Topliss-reactive ketones (excluding diaryl/α,β-unsaturated/α-hetero) is 1. The van der Waals surface area contributed by atoms with E-state index in [1.54, 1.807) is 6.07 Å². The molecule has 2 aromatic heterocycles. The molecular weight excluding hydrogens is 511 g/mol. The molecule has 1 saturated heterocycles. The molecule has 3 aromatic rings. The average Bonchev–Trinajstić information content (AvgIpc) is 3.47. The number of alkyl halides is 3. The molecule has 0 saturated carbocycles. The molecule has 1 aliphatic rings. The van der Waals surface area contributed by atoms with Crippen molar-refractivity contribution in [3.8, 4) is 11.3 Å². The van der Waals surface area contributed by atoms with Gasteiger partial charge in [0.2, 0.25) is 0 Å². The van der Waals surface area contributed by atoms with E-state index in [-0.39, 0.29) is 29.4 Å². The maximum absolute atomic E-state index is 13.0. The van der Waals surface area contributed by atoms with Gasteiger partial charge in [-0.05, 0) is 49.6 Å². The van der Waals surface area contributed by atoms with E-state index in [2.05, 4.69) is 9.97 Å². The number of thiophene rings is 1. The predicted molar refractivity (Wildman–Crippen MR) is 122 cm³/mol. The minimum atomic E-state index is -4.42. The van der Waals surface area contributed by atoms with E-state index in [9.17, 15) is 26.4 Å². The highest BCUT2D eigenvalue weighted by atomic mass is 35.5. The van der Waals surface area contributed by atoms with Gasteiger partial charge in [-0.3, -0.25) is 4.79 Å². The number of hydrogen-bond donors (Lipinski definition) is 0. The second kappa shape index (κ2) is 9.73. The summed E-state index contributed by atoms with van der Waals surface area (Å²) >= 11 is 6.83. The fraction of sp³-hybridized carbons (Fsp3) is 0.318. The number of carbonyl (C=O) groups excluding carboxylic acids is 1. The topological polar surface area (TPSA) is 80.2 Å². The Bertz CT molecular complexity index is 1290. The number of aromatic nitrogens is 2. The van der Waals surface area contributed by atoms with Crippen molar-refractivity contribution in [3.63, 3.8) is 0 Å². The largest absolute Gasteiger partial charge is 0.416 e. The second-order valence-electron chi connectivity index (χ2n) is 7.77. The Balaban J connectivity index is 1.44. The fourth-order valence-electron chi connectivity index (χ4n) is 3.84. The van der Waals surface area contributed by atoms with E-state index in [4.69, 9.17) is 11.6 Å². The van der Waals surface area contributed by atoms with Crippen molar-refractivity contribution in [3.05, 3.63) is 64.4 Å². The Hall–Kier alpha value is -2.34. The molecule has 1 atom stereocenters. The molecule has 4 rings (SSSR count). The Labute approximate surface area is 203 Å². The van der Waals surface area contributed by atoms with Crippen molar-refractivity contribution in [2.24, 2.45) is 0 Å². The summed E-state index contributed by atoms with van der Waals surface area (Å²) in [7, 11) is -3.81. The zero-order chi connectivity index (χ0) is 24.5. The molecule has 3 heterocycles. The third kappa shape index (κ3) is 5.32. The number of nitrogens with zero attached hydrogens (tertiary/aromatic N) is 3. The van der Waals surface area contributed by atoms with Crippen molar-refractivity contribution in [2.45, 2.75) is 42.1 Å². The standard InChI is InChI=1S/C22H19ClF3N3O3S2/c23-20-9-10-21(33-20)34(31,32)29-11-1-2-18(29)19(30)8-7-16-12-17(28-13-27-16)14-3-5-15(6-4-14)22(24,25)26/h3-6,9-10,12-13,18H,1-2,7-8,11H2/t18-/m0/s1. The van der Waals surface area contributed by atoms with Gasteiger partial charge in [0.15, 0.2) is 5.78 Å². The average molecular weight is 530 g/mol. The van der Waals surface area contributed by atoms with Crippen LogP contribution in [0.2, 0.25) is 4.34 Å². The number of benzene rings is 1. The van der Waals surface area contributed by atoms with Crippen LogP contribution in [0.5, 0.6) is 0 Å². The third-order valence-corrected chi connectivity index (χ3v) is 9.15. The number of halogens is 4. The van der Waals surface area contributed by atoms with Crippen molar-refractivity contribution < 1.29 is 26.4 Å². The smallest absolute Gasteiger partial charge is 0.298 e. The molecule has 0 radical (unpaired) electrons. The number of sulfonamides is 1. The molecule has 1 aromatic carbocycles. The van der Waals surface area contributed by atoms with Crippen LogP contribution in [0.3, 0.4) is 0 Å². The minimum Gasteiger partial charge on any atom is -0.298 e. The highest BCUT2D eigenvalue weighted by Gasteiger charge is 2.39. The molecule has 6 nitrogen and oxygen atoms in total. The monoisotopic (exact) mass is 529 g/mol. The Kier molecular flexibility index (Phi) is 7.09. The number of hydrogen-bond acceptors (Lipinski definition) is 6. The van der Waals surface area contributed by atoms with E-state index >= 15 is 0 Å². The van der Waals surface area contributed by atoms with Crippen LogP contribution in [-0.2, 0) is 27.4 Å². The molecule has 180 valence electrons. The normalized spacial score (nSPS) is 17.2. The summed E-state index contributed by atoms with van der Waals surface area (Å²) in [6.07, 6.45) is -1.78. The molecule has 0 unspecified atom stereocenters. The fourth-order valence-corrected chi connectivity index (χ4v) is 7.13.